The molecule has 31 heavy (non-hydrogen) atoms. The topological polar surface area (TPSA) is 77.8 Å². The van der Waals surface area contributed by atoms with Crippen LogP contribution in [0.25, 0.3) is 5.76 Å². The van der Waals surface area contributed by atoms with Gasteiger partial charge in [-0.1, -0.05) is 41.9 Å². The van der Waals surface area contributed by atoms with Crippen molar-refractivity contribution in [1.29, 1.82) is 0 Å². The summed E-state index contributed by atoms with van der Waals surface area (Å²) in [4.78, 5) is 27.7. The molecular weight excluding hydrogens is 414 g/mol. The summed E-state index contributed by atoms with van der Waals surface area (Å²) in [6.07, 6.45) is 0. The van der Waals surface area contributed by atoms with Gasteiger partial charge in [-0.25, -0.2) is 0 Å². The zero-order valence-electron chi connectivity index (χ0n) is 17.0. The molecule has 156 valence electrons. The molecule has 0 aromatic heterocycles. The smallest absolute Gasteiger partial charge is 0.300 e. The van der Waals surface area contributed by atoms with Gasteiger partial charge in [-0.3, -0.25) is 14.5 Å². The van der Waals surface area contributed by atoms with Gasteiger partial charge >= 0.3 is 0 Å². The third-order valence-electron chi connectivity index (χ3n) is 5.24. The fraction of sp³-hybridized carbons (Fsp3) is 0.120. The van der Waals surface area contributed by atoms with Crippen molar-refractivity contribution in [3.05, 3.63) is 99.6 Å². The molecule has 1 atom stereocenters. The fourth-order valence-corrected chi connectivity index (χ4v) is 4.14. The fourth-order valence-electron chi connectivity index (χ4n) is 3.95. The number of aryl methyl sites for hydroxylation is 2. The number of rotatable bonds is 3. The van der Waals surface area contributed by atoms with Crippen molar-refractivity contribution in [2.24, 2.45) is 0 Å². The van der Waals surface area contributed by atoms with E-state index in [2.05, 4.69) is 0 Å². The predicted molar refractivity (Wildman–Crippen MR) is 120 cm³/mol. The molecule has 4 rings (SSSR count). The molecule has 1 aliphatic heterocycles. The maximum atomic E-state index is 13.1. The van der Waals surface area contributed by atoms with Crippen LogP contribution in [-0.4, -0.2) is 21.9 Å². The third-order valence-corrected chi connectivity index (χ3v) is 5.47. The Bertz CT molecular complexity index is 1210. The number of nitrogens with zero attached hydrogens (tertiary/aromatic N) is 1. The number of halogens is 1. The minimum absolute atomic E-state index is 0.0304. The summed E-state index contributed by atoms with van der Waals surface area (Å²) < 4.78 is 0. The monoisotopic (exact) mass is 433 g/mol. The number of carbonyl (C=O) groups excluding carboxylic acids is 2. The third kappa shape index (κ3) is 3.80. The van der Waals surface area contributed by atoms with E-state index < -0.39 is 17.7 Å². The van der Waals surface area contributed by atoms with Crippen molar-refractivity contribution >= 4 is 34.7 Å². The molecule has 0 saturated carbocycles. The lowest BCUT2D eigenvalue weighted by molar-refractivity contribution is -0.132. The zero-order valence-corrected chi connectivity index (χ0v) is 17.7. The van der Waals surface area contributed by atoms with Gasteiger partial charge in [-0.05, 0) is 66.9 Å². The van der Waals surface area contributed by atoms with Crippen LogP contribution in [0.5, 0.6) is 5.75 Å². The van der Waals surface area contributed by atoms with Crippen molar-refractivity contribution in [1.82, 2.24) is 0 Å². The van der Waals surface area contributed by atoms with E-state index >= 15 is 0 Å². The molecule has 1 saturated heterocycles. The van der Waals surface area contributed by atoms with Crippen LogP contribution < -0.4 is 4.90 Å². The summed E-state index contributed by atoms with van der Waals surface area (Å²) in [6, 6.07) is 17.5. The Morgan fingerprint density at radius 3 is 2.19 bits per heavy atom. The number of anilines is 1. The molecule has 5 nitrogen and oxygen atoms in total. The number of phenolic OH excluding ortho intramolecular Hbond substituents is 1. The lowest BCUT2D eigenvalue weighted by Crippen LogP contribution is -2.29. The van der Waals surface area contributed by atoms with Crippen LogP contribution in [0.2, 0.25) is 5.02 Å². The molecule has 1 unspecified atom stereocenters. The number of benzene rings is 3. The zero-order chi connectivity index (χ0) is 22.3. The van der Waals surface area contributed by atoms with E-state index in [4.69, 9.17) is 11.6 Å². The first-order valence-electron chi connectivity index (χ1n) is 9.70. The van der Waals surface area contributed by atoms with E-state index in [1.165, 1.54) is 23.1 Å². The van der Waals surface area contributed by atoms with Gasteiger partial charge in [0.1, 0.15) is 11.5 Å². The second-order valence-corrected chi connectivity index (χ2v) is 8.05. The number of aromatic hydroxyl groups is 1. The first-order chi connectivity index (χ1) is 14.8. The molecule has 0 aliphatic carbocycles. The Hall–Kier alpha value is -3.57. The molecule has 1 heterocycles. The average molecular weight is 434 g/mol. The van der Waals surface area contributed by atoms with E-state index in [9.17, 15) is 19.8 Å². The number of aliphatic hydroxyl groups is 1. The molecule has 3 aromatic carbocycles. The minimum atomic E-state index is -0.860. The summed E-state index contributed by atoms with van der Waals surface area (Å²) in [6.45, 7) is 3.82. The standard InChI is InChI=1S/C25H20ClNO4/c1-14-10-15(2)12-19(11-14)27-22(16-6-8-20(28)9-7-16)21(24(30)25(27)31)23(29)17-4-3-5-18(26)13-17/h3-13,22,28-29H,1-2H3/b23-21+. The van der Waals surface area contributed by atoms with Crippen molar-refractivity contribution in [3.63, 3.8) is 0 Å². The molecule has 6 heteroatoms. The first kappa shape index (κ1) is 20.7. The van der Waals surface area contributed by atoms with Crippen molar-refractivity contribution in [2.45, 2.75) is 19.9 Å². The molecule has 1 fully saturated rings. The summed E-state index contributed by atoms with van der Waals surface area (Å²) in [5, 5.41) is 21.2. The molecule has 2 N–H and O–H groups in total. The highest BCUT2D eigenvalue weighted by atomic mass is 35.5. The lowest BCUT2D eigenvalue weighted by Gasteiger charge is -2.26. The molecule has 0 bridgehead atoms. The Balaban J connectivity index is 1.97. The minimum Gasteiger partial charge on any atom is -0.508 e. The molecule has 0 spiro atoms. The Morgan fingerprint density at radius 2 is 1.58 bits per heavy atom. The van der Waals surface area contributed by atoms with Crippen LogP contribution >= 0.6 is 11.6 Å². The van der Waals surface area contributed by atoms with Crippen LogP contribution in [0.3, 0.4) is 0 Å². The Kier molecular flexibility index (Phi) is 5.29. The molecule has 3 aromatic rings. The van der Waals surface area contributed by atoms with Crippen molar-refractivity contribution in [2.75, 3.05) is 4.90 Å². The Labute approximate surface area is 184 Å². The van der Waals surface area contributed by atoms with Crippen molar-refractivity contribution in [3.8, 4) is 5.75 Å². The van der Waals surface area contributed by atoms with E-state index in [1.807, 2.05) is 32.0 Å². The number of hydrogen-bond acceptors (Lipinski definition) is 4. The van der Waals surface area contributed by atoms with Gasteiger partial charge in [-0.2, -0.15) is 0 Å². The number of hydrogen-bond donors (Lipinski definition) is 2. The lowest BCUT2D eigenvalue weighted by atomic mass is 9.95. The summed E-state index contributed by atoms with van der Waals surface area (Å²) in [5.74, 6) is -1.76. The highest BCUT2D eigenvalue weighted by molar-refractivity contribution is 6.51. The van der Waals surface area contributed by atoms with E-state index in [0.717, 1.165) is 11.1 Å². The van der Waals surface area contributed by atoms with E-state index in [1.54, 1.807) is 30.3 Å². The highest BCUT2D eigenvalue weighted by Gasteiger charge is 2.47. The molecular formula is C25H20ClNO4. The number of carbonyl (C=O) groups is 2. The van der Waals surface area contributed by atoms with Crippen LogP contribution in [0.15, 0.2) is 72.3 Å². The van der Waals surface area contributed by atoms with Gasteiger partial charge in [-0.15, -0.1) is 0 Å². The summed E-state index contributed by atoms with van der Waals surface area (Å²) in [7, 11) is 0. The van der Waals surface area contributed by atoms with Crippen LogP contribution in [0.1, 0.15) is 28.3 Å². The number of Topliss-reactive ketones (excluding diaryl/α,β-unsaturated/α-hetero) is 1. The number of aliphatic hydroxyl groups excluding tert-OH is 1. The number of ketones is 1. The van der Waals surface area contributed by atoms with E-state index in [0.29, 0.717) is 21.8 Å². The average Bonchev–Trinajstić information content (AvgIpc) is 2.98. The van der Waals surface area contributed by atoms with Crippen LogP contribution in [0.4, 0.5) is 5.69 Å². The SMILES string of the molecule is Cc1cc(C)cc(N2C(=O)C(=O)/C(=C(/O)c3cccc(Cl)c3)C2c2ccc(O)cc2)c1. The van der Waals surface area contributed by atoms with Gasteiger partial charge in [0.15, 0.2) is 0 Å². The first-order valence-corrected chi connectivity index (χ1v) is 10.1. The summed E-state index contributed by atoms with van der Waals surface area (Å²) in [5.41, 5.74) is 3.33. The van der Waals surface area contributed by atoms with Crippen LogP contribution in [-0.2, 0) is 9.59 Å². The maximum absolute atomic E-state index is 13.1. The number of phenols is 1. The highest BCUT2D eigenvalue weighted by Crippen LogP contribution is 2.43. The molecule has 0 radical (unpaired) electrons. The maximum Gasteiger partial charge on any atom is 0.300 e. The van der Waals surface area contributed by atoms with Gasteiger partial charge in [0.25, 0.3) is 11.7 Å². The second-order valence-electron chi connectivity index (χ2n) is 7.62. The molecule has 1 amide bonds. The largest absolute Gasteiger partial charge is 0.508 e. The Morgan fingerprint density at radius 1 is 0.935 bits per heavy atom. The van der Waals surface area contributed by atoms with Crippen LogP contribution in [0, 0.1) is 13.8 Å². The van der Waals surface area contributed by atoms with E-state index in [-0.39, 0.29) is 17.1 Å². The molecule has 1 aliphatic rings. The van der Waals surface area contributed by atoms with Crippen molar-refractivity contribution < 1.29 is 19.8 Å². The second kappa shape index (κ2) is 7.93. The number of amides is 1. The van der Waals surface area contributed by atoms with Gasteiger partial charge in [0, 0.05) is 16.3 Å². The van der Waals surface area contributed by atoms with Gasteiger partial charge in [0.2, 0.25) is 0 Å². The quantitative estimate of drug-likeness (QED) is 0.334. The van der Waals surface area contributed by atoms with Gasteiger partial charge < -0.3 is 10.2 Å². The summed E-state index contributed by atoms with van der Waals surface area (Å²) >= 11 is 6.07. The van der Waals surface area contributed by atoms with Gasteiger partial charge in [0.05, 0.1) is 11.6 Å². The predicted octanol–water partition coefficient (Wildman–Crippen LogP) is 5.29. The normalized spacial score (nSPS) is 17.9.